The molecule has 0 radical (unpaired) electrons. The van der Waals surface area contributed by atoms with Crippen molar-refractivity contribution < 1.29 is 22.7 Å². The number of carbonyl (C=O) groups is 1. The zero-order chi connectivity index (χ0) is 25.7. The van der Waals surface area contributed by atoms with Crippen LogP contribution in [-0.4, -0.2) is 27.5 Å². The Labute approximate surface area is 219 Å². The van der Waals surface area contributed by atoms with Crippen molar-refractivity contribution in [3.8, 4) is 11.5 Å². The molecule has 1 atom stereocenters. The second-order valence-corrected chi connectivity index (χ2v) is 11.1. The van der Waals surface area contributed by atoms with Crippen LogP contribution in [0.1, 0.15) is 10.8 Å². The molecule has 0 saturated heterocycles. The molecule has 0 fully saturated rings. The number of hydrogen-bond donors (Lipinski definition) is 2. The fourth-order valence-electron chi connectivity index (χ4n) is 3.78. The molecule has 5 rings (SSSR count). The van der Waals surface area contributed by atoms with Crippen LogP contribution in [0, 0.1) is 0 Å². The first kappa shape index (κ1) is 24.7. The molecule has 7 nitrogen and oxygen atoms in total. The summed E-state index contributed by atoms with van der Waals surface area (Å²) in [6.45, 7) is 0.961. The van der Waals surface area contributed by atoms with E-state index in [1.54, 1.807) is 60.7 Å². The molecule has 4 aromatic carbocycles. The van der Waals surface area contributed by atoms with E-state index in [0.717, 1.165) is 10.5 Å². The van der Waals surface area contributed by atoms with Crippen molar-refractivity contribution in [3.05, 3.63) is 109 Å². The van der Waals surface area contributed by atoms with Gasteiger partial charge in [0.2, 0.25) is 5.91 Å². The van der Waals surface area contributed by atoms with E-state index in [4.69, 9.17) is 9.47 Å². The van der Waals surface area contributed by atoms with Crippen molar-refractivity contribution in [1.82, 2.24) is 0 Å². The van der Waals surface area contributed by atoms with E-state index in [2.05, 4.69) is 10.0 Å². The van der Waals surface area contributed by atoms with Crippen LogP contribution < -0.4 is 19.5 Å². The van der Waals surface area contributed by atoms with Crippen molar-refractivity contribution in [2.75, 3.05) is 23.3 Å². The molecule has 1 aliphatic rings. The minimum absolute atomic E-state index is 0.188. The monoisotopic (exact) mass is 532 g/mol. The Morgan fingerprint density at radius 2 is 1.38 bits per heavy atom. The Hall–Kier alpha value is -3.95. The van der Waals surface area contributed by atoms with Crippen LogP contribution in [0.2, 0.25) is 0 Å². The smallest absolute Gasteiger partial charge is 0.261 e. The summed E-state index contributed by atoms with van der Waals surface area (Å²) in [6.07, 6.45) is 0. The number of anilines is 2. The van der Waals surface area contributed by atoms with Gasteiger partial charge in [0.15, 0.2) is 11.5 Å². The Morgan fingerprint density at radius 3 is 2.08 bits per heavy atom. The number of fused-ring (bicyclic) bond motifs is 1. The molecule has 2 N–H and O–H groups in total. The summed E-state index contributed by atoms with van der Waals surface area (Å²) in [4.78, 5) is 14.4. The summed E-state index contributed by atoms with van der Waals surface area (Å²) in [6, 6.07) is 30.0. The Bertz CT molecular complexity index is 1480. The summed E-state index contributed by atoms with van der Waals surface area (Å²) in [5, 5.41) is 2.44. The van der Waals surface area contributed by atoms with Gasteiger partial charge in [0.05, 0.1) is 4.90 Å². The van der Waals surface area contributed by atoms with Crippen LogP contribution in [0.15, 0.2) is 113 Å². The minimum atomic E-state index is -3.69. The summed E-state index contributed by atoms with van der Waals surface area (Å²) >= 11 is 1.38. The maximum Gasteiger partial charge on any atom is 0.261 e. The predicted octanol–water partition coefficient (Wildman–Crippen LogP) is 5.73. The van der Waals surface area contributed by atoms with E-state index in [1.165, 1.54) is 23.9 Å². The van der Waals surface area contributed by atoms with Gasteiger partial charge >= 0.3 is 0 Å². The number of amides is 1. The lowest BCUT2D eigenvalue weighted by Crippen LogP contribution is -2.20. The lowest BCUT2D eigenvalue weighted by atomic mass is 10.1. The van der Waals surface area contributed by atoms with Crippen LogP contribution in [0.3, 0.4) is 0 Å². The third-order valence-electron chi connectivity index (χ3n) is 5.56. The average Bonchev–Trinajstić information content (AvgIpc) is 2.93. The van der Waals surface area contributed by atoms with E-state index < -0.39 is 15.3 Å². The van der Waals surface area contributed by atoms with Gasteiger partial charge in [0.1, 0.15) is 18.5 Å². The van der Waals surface area contributed by atoms with Gasteiger partial charge in [-0.1, -0.05) is 48.5 Å². The van der Waals surface area contributed by atoms with Crippen molar-refractivity contribution in [2.45, 2.75) is 15.0 Å². The third-order valence-corrected chi connectivity index (χ3v) is 8.23. The van der Waals surface area contributed by atoms with E-state index in [9.17, 15) is 13.2 Å². The number of benzene rings is 4. The van der Waals surface area contributed by atoms with Crippen molar-refractivity contribution in [2.24, 2.45) is 0 Å². The summed E-state index contributed by atoms with van der Waals surface area (Å²) in [5.74, 6) is 1.06. The van der Waals surface area contributed by atoms with Crippen LogP contribution in [0.5, 0.6) is 11.5 Å². The van der Waals surface area contributed by atoms with Crippen LogP contribution in [0.4, 0.5) is 11.4 Å². The fourth-order valence-corrected chi connectivity index (χ4v) is 5.89. The molecule has 1 amide bonds. The van der Waals surface area contributed by atoms with Crippen LogP contribution in [-0.2, 0) is 14.8 Å². The number of carbonyl (C=O) groups excluding carboxylic acids is 1. The molecule has 0 aromatic heterocycles. The molecule has 1 heterocycles. The van der Waals surface area contributed by atoms with Gasteiger partial charge in [-0.05, 0) is 54.1 Å². The quantitative estimate of drug-likeness (QED) is 0.282. The van der Waals surface area contributed by atoms with E-state index in [-0.39, 0.29) is 10.8 Å². The third kappa shape index (κ3) is 6.07. The van der Waals surface area contributed by atoms with Gasteiger partial charge in [-0.2, -0.15) is 0 Å². The van der Waals surface area contributed by atoms with Gasteiger partial charge in [-0.15, -0.1) is 11.8 Å². The lowest BCUT2D eigenvalue weighted by Gasteiger charge is -2.20. The molecule has 4 aromatic rings. The molecule has 1 unspecified atom stereocenters. The number of ether oxygens (including phenoxy) is 2. The molecule has 0 saturated carbocycles. The van der Waals surface area contributed by atoms with Crippen molar-refractivity contribution in [1.29, 1.82) is 0 Å². The van der Waals surface area contributed by atoms with Gasteiger partial charge in [0, 0.05) is 22.3 Å². The number of nitrogens with one attached hydrogen (secondary N) is 2. The first-order valence-electron chi connectivity index (χ1n) is 11.6. The van der Waals surface area contributed by atoms with Gasteiger partial charge < -0.3 is 14.8 Å². The highest BCUT2D eigenvalue weighted by Crippen LogP contribution is 2.38. The molecule has 0 spiro atoms. The molecule has 9 heteroatoms. The molecule has 0 bridgehead atoms. The number of rotatable bonds is 8. The predicted molar refractivity (Wildman–Crippen MR) is 145 cm³/mol. The zero-order valence-electron chi connectivity index (χ0n) is 19.7. The number of hydrogen-bond acceptors (Lipinski definition) is 6. The highest BCUT2D eigenvalue weighted by molar-refractivity contribution is 8.00. The van der Waals surface area contributed by atoms with Crippen LogP contribution in [0.25, 0.3) is 0 Å². The highest BCUT2D eigenvalue weighted by atomic mass is 32.2. The van der Waals surface area contributed by atoms with Crippen LogP contribution >= 0.6 is 11.8 Å². The van der Waals surface area contributed by atoms with E-state index in [1.807, 2.05) is 30.3 Å². The number of sulfonamides is 1. The summed E-state index contributed by atoms with van der Waals surface area (Å²) in [5.41, 5.74) is 1.89. The van der Waals surface area contributed by atoms with Crippen molar-refractivity contribution in [3.63, 3.8) is 0 Å². The molecule has 1 aliphatic heterocycles. The average molecular weight is 533 g/mol. The lowest BCUT2D eigenvalue weighted by molar-refractivity contribution is -0.115. The van der Waals surface area contributed by atoms with Crippen molar-refractivity contribution >= 4 is 39.1 Å². The van der Waals surface area contributed by atoms with Gasteiger partial charge in [0.25, 0.3) is 10.0 Å². The highest BCUT2D eigenvalue weighted by Gasteiger charge is 2.23. The Balaban J connectivity index is 1.32. The topological polar surface area (TPSA) is 93.7 Å². The molecular weight excluding hydrogens is 508 g/mol. The number of thioether (sulfide) groups is 1. The first-order valence-corrected chi connectivity index (χ1v) is 13.9. The van der Waals surface area contributed by atoms with Gasteiger partial charge in [-0.3, -0.25) is 9.52 Å². The van der Waals surface area contributed by atoms with E-state index >= 15 is 0 Å². The largest absolute Gasteiger partial charge is 0.486 e. The minimum Gasteiger partial charge on any atom is -0.486 e. The summed E-state index contributed by atoms with van der Waals surface area (Å²) < 4.78 is 39.0. The second-order valence-electron chi connectivity index (χ2n) is 8.20. The molecular formula is C28H24N2O5S2. The fraction of sp³-hybridized carbons (Fsp3) is 0.107. The zero-order valence-corrected chi connectivity index (χ0v) is 21.3. The van der Waals surface area contributed by atoms with E-state index in [0.29, 0.717) is 36.1 Å². The first-order chi connectivity index (χ1) is 18.0. The summed E-state index contributed by atoms with van der Waals surface area (Å²) in [7, 11) is -3.69. The normalized spacial score (nSPS) is 13.4. The Kier molecular flexibility index (Phi) is 7.34. The van der Waals surface area contributed by atoms with Gasteiger partial charge in [-0.25, -0.2) is 8.42 Å². The maximum atomic E-state index is 13.4. The Morgan fingerprint density at radius 1 is 0.757 bits per heavy atom. The molecule has 188 valence electrons. The maximum absolute atomic E-state index is 13.4. The standard InChI is InChI=1S/C28H24N2O5S2/c31-28(29-22-13-16-25-26(19-22)35-18-17-34-25)27(20-7-3-1-4-8-20)36-23-14-11-21(12-15-23)30-37(32,33)24-9-5-2-6-10-24/h1-16,19,27,30H,17-18H2,(H,29,31). The molecule has 37 heavy (non-hydrogen) atoms. The SMILES string of the molecule is O=C(Nc1ccc2c(c1)OCCO2)C(Sc1ccc(NS(=O)(=O)c2ccccc2)cc1)c1ccccc1. The molecule has 0 aliphatic carbocycles. The second kappa shape index (κ2) is 11.0.